The Bertz CT molecular complexity index is 1260. The van der Waals surface area contributed by atoms with Crippen LogP contribution in [0.15, 0.2) is 23.5 Å². The van der Waals surface area contributed by atoms with Crippen LogP contribution in [0.4, 0.5) is 8.78 Å². The first-order valence-corrected chi connectivity index (χ1v) is 12.2. The molecule has 10 nitrogen and oxygen atoms in total. The molecule has 1 amide bonds. The zero-order valence-electron chi connectivity index (χ0n) is 18.7. The molecule has 35 heavy (non-hydrogen) atoms. The van der Waals surface area contributed by atoms with E-state index < -0.39 is 30.4 Å². The number of ether oxygens (including phenoxy) is 2. The quantitative estimate of drug-likeness (QED) is 0.253. The SMILES string of the molecule is COc1cnc2nc(C(F)F)nc(SCC(=O)c3cnc(C4(OC)CCN(C(=O)CO)C4)s3)c2c1. The number of alkyl halides is 2. The summed E-state index contributed by atoms with van der Waals surface area (Å²) in [4.78, 5) is 42.8. The van der Waals surface area contributed by atoms with Gasteiger partial charge in [-0.15, -0.1) is 11.3 Å². The molecule has 14 heteroatoms. The molecule has 1 atom stereocenters. The van der Waals surface area contributed by atoms with E-state index in [4.69, 9.17) is 14.6 Å². The van der Waals surface area contributed by atoms with Crippen molar-refractivity contribution in [3.05, 3.63) is 34.2 Å². The second-order valence-electron chi connectivity index (χ2n) is 7.60. The third-order valence-corrected chi connectivity index (χ3v) is 7.78. The number of nitrogens with zero attached hydrogens (tertiary/aromatic N) is 5. The maximum atomic E-state index is 13.3. The molecule has 0 spiro atoms. The third-order valence-electron chi connectivity index (χ3n) is 5.56. The number of carbonyl (C=O) groups excluding carboxylic acids is 2. The molecule has 0 aliphatic carbocycles. The van der Waals surface area contributed by atoms with Crippen molar-refractivity contribution in [3.8, 4) is 5.75 Å². The van der Waals surface area contributed by atoms with E-state index in [0.717, 1.165) is 23.1 Å². The molecule has 4 heterocycles. The average Bonchev–Trinajstić information content (AvgIpc) is 3.54. The highest BCUT2D eigenvalue weighted by atomic mass is 32.2. The van der Waals surface area contributed by atoms with Crippen LogP contribution in [0.1, 0.15) is 33.3 Å². The molecule has 1 unspecified atom stereocenters. The fourth-order valence-electron chi connectivity index (χ4n) is 3.64. The predicted octanol–water partition coefficient (Wildman–Crippen LogP) is 2.47. The molecule has 0 aromatic carbocycles. The smallest absolute Gasteiger partial charge is 0.297 e. The van der Waals surface area contributed by atoms with Crippen LogP contribution in [0, 0.1) is 0 Å². The van der Waals surface area contributed by atoms with Gasteiger partial charge in [-0.3, -0.25) is 9.59 Å². The maximum Gasteiger partial charge on any atom is 0.297 e. The van der Waals surface area contributed by atoms with Crippen LogP contribution in [0.2, 0.25) is 0 Å². The number of amides is 1. The van der Waals surface area contributed by atoms with E-state index in [-0.39, 0.29) is 28.8 Å². The standard InChI is InChI=1S/C21H21F2N5O5S2/c1-32-11-5-12-17(24-6-11)26-18(16(22)23)27-19(12)34-9-13(30)14-7-25-20(35-14)21(33-2)3-4-28(10-21)15(31)8-29/h5-7,16,29H,3-4,8-10H2,1-2H3. The van der Waals surface area contributed by atoms with Crippen LogP contribution in [0.5, 0.6) is 5.75 Å². The summed E-state index contributed by atoms with van der Waals surface area (Å²) in [6.07, 6.45) is 0.389. The number of fused-ring (bicyclic) bond motifs is 1. The van der Waals surface area contributed by atoms with Crippen molar-refractivity contribution in [1.82, 2.24) is 24.8 Å². The van der Waals surface area contributed by atoms with Gasteiger partial charge in [-0.05, 0) is 6.07 Å². The molecule has 4 rings (SSSR count). The van der Waals surface area contributed by atoms with Crippen molar-refractivity contribution in [2.75, 3.05) is 39.7 Å². The van der Waals surface area contributed by atoms with Gasteiger partial charge < -0.3 is 19.5 Å². The number of thiazole rings is 1. The van der Waals surface area contributed by atoms with Gasteiger partial charge in [0, 0.05) is 26.3 Å². The monoisotopic (exact) mass is 525 g/mol. The van der Waals surface area contributed by atoms with Crippen molar-refractivity contribution < 1.29 is 33.0 Å². The number of aliphatic hydroxyl groups is 1. The number of likely N-dealkylation sites (tertiary alicyclic amines) is 1. The molecular weight excluding hydrogens is 504 g/mol. The Balaban J connectivity index is 1.53. The summed E-state index contributed by atoms with van der Waals surface area (Å²) >= 11 is 2.15. The van der Waals surface area contributed by atoms with Gasteiger partial charge in [0.05, 0.1) is 35.9 Å². The minimum absolute atomic E-state index is 0.0800. The lowest BCUT2D eigenvalue weighted by Crippen LogP contribution is -2.36. The second-order valence-corrected chi connectivity index (χ2v) is 9.59. The summed E-state index contributed by atoms with van der Waals surface area (Å²) in [7, 11) is 2.96. The van der Waals surface area contributed by atoms with Gasteiger partial charge in [0.2, 0.25) is 5.91 Å². The highest BCUT2D eigenvalue weighted by Crippen LogP contribution is 2.38. The van der Waals surface area contributed by atoms with Crippen molar-refractivity contribution >= 4 is 45.8 Å². The van der Waals surface area contributed by atoms with E-state index in [1.807, 2.05) is 0 Å². The summed E-state index contributed by atoms with van der Waals surface area (Å²) in [5.41, 5.74) is -0.783. The number of aromatic nitrogens is 4. The number of pyridine rings is 1. The van der Waals surface area contributed by atoms with Crippen LogP contribution < -0.4 is 4.74 Å². The van der Waals surface area contributed by atoms with Crippen LogP contribution in [-0.2, 0) is 15.1 Å². The lowest BCUT2D eigenvalue weighted by molar-refractivity contribution is -0.134. The Kier molecular flexibility index (Phi) is 7.54. The van der Waals surface area contributed by atoms with E-state index >= 15 is 0 Å². The minimum Gasteiger partial charge on any atom is -0.495 e. The zero-order chi connectivity index (χ0) is 25.2. The van der Waals surface area contributed by atoms with Gasteiger partial charge in [0.15, 0.2) is 17.3 Å². The number of methoxy groups -OCH3 is 2. The van der Waals surface area contributed by atoms with E-state index in [9.17, 15) is 18.4 Å². The fraction of sp³-hybridized carbons (Fsp3) is 0.429. The number of Topliss-reactive ketones (excluding diaryl/α,β-unsaturated/α-hetero) is 1. The lowest BCUT2D eigenvalue weighted by Gasteiger charge is -2.25. The summed E-state index contributed by atoms with van der Waals surface area (Å²) in [6, 6.07) is 1.58. The van der Waals surface area contributed by atoms with E-state index in [1.165, 1.54) is 31.5 Å². The number of aliphatic hydroxyl groups excluding tert-OH is 1. The molecule has 0 radical (unpaired) electrons. The Morgan fingerprint density at radius 3 is 2.77 bits per heavy atom. The molecule has 186 valence electrons. The van der Waals surface area contributed by atoms with Gasteiger partial charge in [0.1, 0.15) is 28.0 Å². The number of halogens is 2. The first-order chi connectivity index (χ1) is 16.8. The number of carbonyl (C=O) groups is 2. The molecule has 1 aliphatic heterocycles. The number of ketones is 1. The number of rotatable bonds is 9. The Hall–Kier alpha value is -2.81. The summed E-state index contributed by atoms with van der Waals surface area (Å²) in [6.45, 7) is 0.0265. The molecule has 1 saturated heterocycles. The van der Waals surface area contributed by atoms with E-state index in [1.54, 1.807) is 6.07 Å². The molecule has 1 aliphatic rings. The van der Waals surface area contributed by atoms with Gasteiger partial charge in [-0.1, -0.05) is 11.8 Å². The van der Waals surface area contributed by atoms with E-state index in [0.29, 0.717) is 34.0 Å². The average molecular weight is 526 g/mol. The van der Waals surface area contributed by atoms with Crippen molar-refractivity contribution in [1.29, 1.82) is 0 Å². The molecule has 3 aromatic rings. The van der Waals surface area contributed by atoms with Gasteiger partial charge in [0.25, 0.3) is 6.43 Å². The Morgan fingerprint density at radius 1 is 1.29 bits per heavy atom. The summed E-state index contributed by atoms with van der Waals surface area (Å²) in [5.74, 6) is -1.02. The molecule has 0 bridgehead atoms. The summed E-state index contributed by atoms with van der Waals surface area (Å²) < 4.78 is 37.4. The molecule has 3 aromatic heterocycles. The highest BCUT2D eigenvalue weighted by molar-refractivity contribution is 8.00. The van der Waals surface area contributed by atoms with E-state index in [2.05, 4.69) is 19.9 Å². The second kappa shape index (κ2) is 10.4. The largest absolute Gasteiger partial charge is 0.495 e. The van der Waals surface area contributed by atoms with Crippen LogP contribution >= 0.6 is 23.1 Å². The topological polar surface area (TPSA) is 128 Å². The van der Waals surface area contributed by atoms with Crippen molar-refractivity contribution in [2.45, 2.75) is 23.5 Å². The minimum atomic E-state index is -2.89. The van der Waals surface area contributed by atoms with Crippen LogP contribution in [0.3, 0.4) is 0 Å². The lowest BCUT2D eigenvalue weighted by atomic mass is 10.0. The Labute approximate surface area is 206 Å². The third kappa shape index (κ3) is 5.10. The zero-order valence-corrected chi connectivity index (χ0v) is 20.4. The first-order valence-electron chi connectivity index (χ1n) is 10.4. The molecule has 0 saturated carbocycles. The van der Waals surface area contributed by atoms with Crippen LogP contribution in [-0.4, -0.2) is 81.3 Å². The Morgan fingerprint density at radius 2 is 2.09 bits per heavy atom. The molecule has 1 N–H and O–H groups in total. The van der Waals surface area contributed by atoms with Gasteiger partial charge in [-0.2, -0.15) is 0 Å². The normalized spacial score (nSPS) is 17.9. The predicted molar refractivity (Wildman–Crippen MR) is 123 cm³/mol. The highest BCUT2D eigenvalue weighted by Gasteiger charge is 2.44. The maximum absolute atomic E-state index is 13.3. The number of thioether (sulfide) groups is 1. The van der Waals surface area contributed by atoms with Gasteiger partial charge in [-0.25, -0.2) is 28.7 Å². The van der Waals surface area contributed by atoms with Crippen molar-refractivity contribution in [2.24, 2.45) is 0 Å². The van der Waals surface area contributed by atoms with Crippen LogP contribution in [0.25, 0.3) is 11.0 Å². The molecule has 1 fully saturated rings. The van der Waals surface area contributed by atoms with Gasteiger partial charge >= 0.3 is 0 Å². The first kappa shape index (κ1) is 25.3. The molecular formula is C21H21F2N5O5S2. The fourth-order valence-corrected chi connectivity index (χ4v) is 5.66. The van der Waals surface area contributed by atoms with Crippen molar-refractivity contribution in [3.63, 3.8) is 0 Å². The summed E-state index contributed by atoms with van der Waals surface area (Å²) in [5, 5.41) is 10.3. The number of hydrogen-bond donors (Lipinski definition) is 1. The number of hydrogen-bond acceptors (Lipinski definition) is 11.